The van der Waals surface area contributed by atoms with Crippen LogP contribution in [0.5, 0.6) is 0 Å². The highest BCUT2D eigenvalue weighted by atomic mass is 35.5. The highest BCUT2D eigenvalue weighted by Crippen LogP contribution is 2.20. The van der Waals surface area contributed by atoms with Crippen LogP contribution in [0.4, 0.5) is 5.82 Å². The van der Waals surface area contributed by atoms with Gasteiger partial charge in [-0.05, 0) is 18.6 Å². The van der Waals surface area contributed by atoms with E-state index in [-0.39, 0.29) is 0 Å². The van der Waals surface area contributed by atoms with Crippen LogP contribution in [0.2, 0.25) is 5.02 Å². The quantitative estimate of drug-likeness (QED) is 0.905. The molecule has 2 rings (SSSR count). The number of aromatic nitrogens is 2. The number of anilines is 1. The third-order valence-electron chi connectivity index (χ3n) is 2.39. The zero-order valence-corrected chi connectivity index (χ0v) is 10.4. The highest BCUT2D eigenvalue weighted by molar-refractivity contribution is 6.30. The van der Waals surface area contributed by atoms with Crippen LogP contribution in [0, 0.1) is 0 Å². The number of halogens is 1. The van der Waals surface area contributed by atoms with E-state index in [0.717, 1.165) is 24.1 Å². The molecule has 2 N–H and O–H groups in total. The molecule has 1 aromatic carbocycles. The third-order valence-corrected chi connectivity index (χ3v) is 2.62. The first-order chi connectivity index (χ1) is 8.19. The highest BCUT2D eigenvalue weighted by Gasteiger charge is 2.05. The summed E-state index contributed by atoms with van der Waals surface area (Å²) in [5, 5.41) is 0.672. The number of aryl methyl sites for hydroxylation is 1. The molecule has 1 heterocycles. The number of nitrogens with two attached hydrogens (primary N) is 1. The Morgan fingerprint density at radius 2 is 2.06 bits per heavy atom. The maximum Gasteiger partial charge on any atom is 0.161 e. The van der Waals surface area contributed by atoms with E-state index in [1.54, 1.807) is 0 Å². The summed E-state index contributed by atoms with van der Waals surface area (Å²) in [4.78, 5) is 8.72. The van der Waals surface area contributed by atoms with Gasteiger partial charge < -0.3 is 5.73 Å². The summed E-state index contributed by atoms with van der Waals surface area (Å²) >= 11 is 5.95. The molecule has 0 aliphatic carbocycles. The predicted octanol–water partition coefficient (Wildman–Crippen LogP) is 3.33. The molecule has 0 atom stereocenters. The Labute approximate surface area is 106 Å². The summed E-state index contributed by atoms with van der Waals surface area (Å²) in [6.45, 7) is 2.11. The lowest BCUT2D eigenvalue weighted by molar-refractivity contribution is 0.877. The number of hydrogen-bond acceptors (Lipinski definition) is 3. The summed E-state index contributed by atoms with van der Waals surface area (Å²) in [6.07, 6.45) is 1.94. The fourth-order valence-electron chi connectivity index (χ4n) is 1.66. The van der Waals surface area contributed by atoms with E-state index in [1.165, 1.54) is 0 Å². The molecule has 2 aromatic rings. The standard InChI is InChI=1S/C13H14ClN3/c1-2-4-11-8-12(15)17-13(16-11)9-5-3-6-10(14)7-9/h3,5-8H,2,4H2,1H3,(H2,15,16,17). The number of rotatable bonds is 3. The maximum atomic E-state index is 5.95. The van der Waals surface area contributed by atoms with Crippen molar-refractivity contribution in [2.45, 2.75) is 19.8 Å². The van der Waals surface area contributed by atoms with Crippen molar-refractivity contribution in [3.63, 3.8) is 0 Å². The predicted molar refractivity (Wildman–Crippen MR) is 70.9 cm³/mol. The molecular formula is C13H14ClN3. The van der Waals surface area contributed by atoms with Crippen LogP contribution in [0.3, 0.4) is 0 Å². The summed E-state index contributed by atoms with van der Waals surface area (Å²) in [5.74, 6) is 1.13. The van der Waals surface area contributed by atoms with Crippen molar-refractivity contribution in [2.75, 3.05) is 5.73 Å². The van der Waals surface area contributed by atoms with Gasteiger partial charge in [0.25, 0.3) is 0 Å². The molecular weight excluding hydrogens is 234 g/mol. The Hall–Kier alpha value is -1.61. The fourth-order valence-corrected chi connectivity index (χ4v) is 1.85. The molecule has 0 saturated carbocycles. The molecule has 4 heteroatoms. The SMILES string of the molecule is CCCc1cc(N)nc(-c2cccc(Cl)c2)n1. The van der Waals surface area contributed by atoms with E-state index in [1.807, 2.05) is 30.3 Å². The van der Waals surface area contributed by atoms with Crippen LogP contribution in [-0.4, -0.2) is 9.97 Å². The fraction of sp³-hybridized carbons (Fsp3) is 0.231. The van der Waals surface area contributed by atoms with Crippen LogP contribution in [0.25, 0.3) is 11.4 Å². The lowest BCUT2D eigenvalue weighted by Crippen LogP contribution is -2.00. The summed E-state index contributed by atoms with van der Waals surface area (Å²) < 4.78 is 0. The summed E-state index contributed by atoms with van der Waals surface area (Å²) in [7, 11) is 0. The molecule has 0 radical (unpaired) electrons. The Kier molecular flexibility index (Phi) is 3.59. The van der Waals surface area contributed by atoms with Gasteiger partial charge in [0.2, 0.25) is 0 Å². The van der Waals surface area contributed by atoms with Gasteiger partial charge in [-0.15, -0.1) is 0 Å². The van der Waals surface area contributed by atoms with Crippen LogP contribution in [0.15, 0.2) is 30.3 Å². The van der Waals surface area contributed by atoms with Gasteiger partial charge in [-0.3, -0.25) is 0 Å². The molecule has 0 aliphatic heterocycles. The monoisotopic (exact) mass is 247 g/mol. The van der Waals surface area contributed by atoms with Crippen molar-refractivity contribution in [2.24, 2.45) is 0 Å². The van der Waals surface area contributed by atoms with Crippen molar-refractivity contribution in [3.05, 3.63) is 41.0 Å². The van der Waals surface area contributed by atoms with Gasteiger partial charge in [0, 0.05) is 22.3 Å². The second-order valence-electron chi connectivity index (χ2n) is 3.87. The number of nitrogen functional groups attached to an aromatic ring is 1. The Balaban J connectivity index is 2.44. The molecule has 0 amide bonds. The third kappa shape index (κ3) is 2.94. The van der Waals surface area contributed by atoms with E-state index in [4.69, 9.17) is 17.3 Å². The molecule has 0 aliphatic rings. The molecule has 3 nitrogen and oxygen atoms in total. The Morgan fingerprint density at radius 1 is 1.24 bits per heavy atom. The van der Waals surface area contributed by atoms with Crippen LogP contribution < -0.4 is 5.73 Å². The molecule has 17 heavy (non-hydrogen) atoms. The smallest absolute Gasteiger partial charge is 0.161 e. The van der Waals surface area contributed by atoms with Gasteiger partial charge in [0.1, 0.15) is 5.82 Å². The van der Waals surface area contributed by atoms with E-state index < -0.39 is 0 Å². The van der Waals surface area contributed by atoms with Crippen LogP contribution in [0.1, 0.15) is 19.0 Å². The van der Waals surface area contributed by atoms with Crippen LogP contribution in [-0.2, 0) is 6.42 Å². The molecule has 0 fully saturated rings. The van der Waals surface area contributed by atoms with Crippen molar-refractivity contribution >= 4 is 17.4 Å². The number of nitrogens with zero attached hydrogens (tertiary/aromatic N) is 2. The average Bonchev–Trinajstić information content (AvgIpc) is 2.28. The molecule has 88 valence electrons. The van der Waals surface area contributed by atoms with Gasteiger partial charge in [0.15, 0.2) is 5.82 Å². The minimum Gasteiger partial charge on any atom is -0.384 e. The summed E-state index contributed by atoms with van der Waals surface area (Å²) in [6, 6.07) is 9.29. The van der Waals surface area contributed by atoms with Crippen molar-refractivity contribution in [1.82, 2.24) is 9.97 Å². The Morgan fingerprint density at radius 3 is 2.76 bits per heavy atom. The molecule has 0 unspecified atom stereocenters. The molecule has 1 aromatic heterocycles. The van der Waals surface area contributed by atoms with Crippen molar-refractivity contribution in [1.29, 1.82) is 0 Å². The van der Waals surface area contributed by atoms with Gasteiger partial charge in [0.05, 0.1) is 0 Å². The first-order valence-corrected chi connectivity index (χ1v) is 5.96. The molecule has 0 bridgehead atoms. The number of hydrogen-bond donors (Lipinski definition) is 1. The van der Waals surface area contributed by atoms with Crippen molar-refractivity contribution in [3.8, 4) is 11.4 Å². The number of benzene rings is 1. The lowest BCUT2D eigenvalue weighted by atomic mass is 10.2. The second kappa shape index (κ2) is 5.15. The van der Waals surface area contributed by atoms with E-state index in [2.05, 4.69) is 16.9 Å². The normalized spacial score (nSPS) is 10.5. The average molecular weight is 248 g/mol. The topological polar surface area (TPSA) is 51.8 Å². The van der Waals surface area contributed by atoms with Gasteiger partial charge in [-0.25, -0.2) is 9.97 Å². The van der Waals surface area contributed by atoms with E-state index in [9.17, 15) is 0 Å². The van der Waals surface area contributed by atoms with Gasteiger partial charge in [-0.1, -0.05) is 37.1 Å². The molecule has 0 saturated heterocycles. The maximum absolute atomic E-state index is 5.95. The zero-order valence-electron chi connectivity index (χ0n) is 9.65. The second-order valence-corrected chi connectivity index (χ2v) is 4.30. The minimum atomic E-state index is 0.499. The van der Waals surface area contributed by atoms with Crippen molar-refractivity contribution < 1.29 is 0 Å². The summed E-state index contributed by atoms with van der Waals surface area (Å²) in [5.41, 5.74) is 7.64. The Bertz CT molecular complexity index is 526. The van der Waals surface area contributed by atoms with Gasteiger partial charge in [-0.2, -0.15) is 0 Å². The van der Waals surface area contributed by atoms with E-state index in [0.29, 0.717) is 16.7 Å². The van der Waals surface area contributed by atoms with Crippen LogP contribution >= 0.6 is 11.6 Å². The molecule has 0 spiro atoms. The first-order valence-electron chi connectivity index (χ1n) is 5.58. The lowest BCUT2D eigenvalue weighted by Gasteiger charge is -2.05. The zero-order chi connectivity index (χ0) is 12.3. The largest absolute Gasteiger partial charge is 0.384 e. The van der Waals surface area contributed by atoms with E-state index >= 15 is 0 Å². The van der Waals surface area contributed by atoms with Gasteiger partial charge >= 0.3 is 0 Å². The minimum absolute atomic E-state index is 0.499. The first kappa shape index (κ1) is 11.9.